The van der Waals surface area contributed by atoms with E-state index in [1.165, 1.54) is 17.1 Å². The molecule has 2 aliphatic rings. The first-order valence-electron chi connectivity index (χ1n) is 5.74. The minimum atomic E-state index is -3.10. The van der Waals surface area contributed by atoms with Crippen LogP contribution in [0.5, 0.6) is 0 Å². The van der Waals surface area contributed by atoms with Gasteiger partial charge in [-0.15, -0.1) is 0 Å². The zero-order valence-electron chi connectivity index (χ0n) is 8.93. The number of nitrogens with zero attached hydrogens (tertiary/aromatic N) is 1. The standard InChI is InChI=1S/C10H19NO3S/c12-10-5-6-11(7-10)15(13,14)8-9-3-1-2-4-9/h9-10,12H,1-8H2/t10-/m1/s1. The molecular weight excluding hydrogens is 214 g/mol. The van der Waals surface area contributed by atoms with Crippen LogP contribution in [0.15, 0.2) is 0 Å². The van der Waals surface area contributed by atoms with E-state index in [9.17, 15) is 13.5 Å². The van der Waals surface area contributed by atoms with Crippen molar-refractivity contribution in [2.24, 2.45) is 5.92 Å². The summed E-state index contributed by atoms with van der Waals surface area (Å²) in [6, 6.07) is 0. The summed E-state index contributed by atoms with van der Waals surface area (Å²) >= 11 is 0. The maximum Gasteiger partial charge on any atom is 0.214 e. The molecule has 0 aromatic rings. The van der Waals surface area contributed by atoms with E-state index in [-0.39, 0.29) is 0 Å². The molecule has 4 nitrogen and oxygen atoms in total. The topological polar surface area (TPSA) is 57.6 Å². The predicted octanol–water partition coefficient (Wildman–Crippen LogP) is 0.573. The summed E-state index contributed by atoms with van der Waals surface area (Å²) in [7, 11) is -3.10. The van der Waals surface area contributed by atoms with Gasteiger partial charge in [-0.25, -0.2) is 8.42 Å². The molecule has 0 amide bonds. The molecule has 5 heteroatoms. The summed E-state index contributed by atoms with van der Waals surface area (Å²) in [6.07, 6.45) is 4.57. The molecule has 2 fully saturated rings. The molecule has 1 aliphatic heterocycles. The lowest BCUT2D eigenvalue weighted by Crippen LogP contribution is -2.33. The summed E-state index contributed by atoms with van der Waals surface area (Å²) in [5.74, 6) is 0.646. The fourth-order valence-corrected chi connectivity index (χ4v) is 4.47. The van der Waals surface area contributed by atoms with Gasteiger partial charge in [0.1, 0.15) is 0 Å². The monoisotopic (exact) mass is 233 g/mol. The SMILES string of the molecule is O=S(=O)(CC1CCCC1)N1CC[C@@H](O)C1. The van der Waals surface area contributed by atoms with Gasteiger partial charge in [0.15, 0.2) is 0 Å². The fourth-order valence-electron chi connectivity index (χ4n) is 2.54. The van der Waals surface area contributed by atoms with Crippen LogP contribution in [0.3, 0.4) is 0 Å². The van der Waals surface area contributed by atoms with Crippen LogP contribution in [-0.4, -0.2) is 42.8 Å². The zero-order chi connectivity index (χ0) is 10.9. The molecule has 0 unspecified atom stereocenters. The number of sulfonamides is 1. The number of β-amino-alcohol motifs (C(OH)–C–C–N with tert-alkyl or cyclic N) is 1. The van der Waals surface area contributed by atoms with Crippen LogP contribution in [0.1, 0.15) is 32.1 Å². The molecule has 1 heterocycles. The molecule has 0 aromatic heterocycles. The second kappa shape index (κ2) is 4.39. The Hall–Kier alpha value is -0.130. The van der Waals surface area contributed by atoms with Gasteiger partial charge in [-0.1, -0.05) is 12.8 Å². The van der Waals surface area contributed by atoms with E-state index in [1.807, 2.05) is 0 Å². The van der Waals surface area contributed by atoms with Crippen LogP contribution < -0.4 is 0 Å². The molecule has 88 valence electrons. The minimum absolute atomic E-state index is 0.291. The van der Waals surface area contributed by atoms with Crippen LogP contribution in [0.2, 0.25) is 0 Å². The Morgan fingerprint density at radius 2 is 1.87 bits per heavy atom. The molecular formula is C10H19NO3S. The van der Waals surface area contributed by atoms with Crippen molar-refractivity contribution in [3.05, 3.63) is 0 Å². The van der Waals surface area contributed by atoms with E-state index in [4.69, 9.17) is 0 Å². The second-order valence-electron chi connectivity index (χ2n) is 4.73. The summed E-state index contributed by atoms with van der Waals surface area (Å²) in [6.45, 7) is 0.797. The molecule has 15 heavy (non-hydrogen) atoms. The average Bonchev–Trinajstić information content (AvgIpc) is 2.75. The highest BCUT2D eigenvalue weighted by Gasteiger charge is 2.32. The van der Waals surface area contributed by atoms with Gasteiger partial charge in [-0.2, -0.15) is 4.31 Å². The number of aliphatic hydroxyl groups excluding tert-OH is 1. The van der Waals surface area contributed by atoms with Gasteiger partial charge in [-0.05, 0) is 25.2 Å². The van der Waals surface area contributed by atoms with E-state index in [0.29, 0.717) is 31.2 Å². The highest BCUT2D eigenvalue weighted by Crippen LogP contribution is 2.27. The molecule has 1 saturated heterocycles. The lowest BCUT2D eigenvalue weighted by molar-refractivity contribution is 0.189. The van der Waals surface area contributed by atoms with Crippen molar-refractivity contribution in [3.63, 3.8) is 0 Å². The van der Waals surface area contributed by atoms with Gasteiger partial charge in [0.25, 0.3) is 0 Å². The molecule has 0 spiro atoms. The third-order valence-electron chi connectivity index (χ3n) is 3.44. The van der Waals surface area contributed by atoms with Gasteiger partial charge in [0.05, 0.1) is 11.9 Å². The Balaban J connectivity index is 1.94. The second-order valence-corrected chi connectivity index (χ2v) is 6.74. The Labute approximate surface area is 91.3 Å². The molecule has 0 aromatic carbocycles. The fraction of sp³-hybridized carbons (Fsp3) is 1.00. The zero-order valence-corrected chi connectivity index (χ0v) is 9.75. The van der Waals surface area contributed by atoms with E-state index < -0.39 is 16.1 Å². The number of hydrogen-bond donors (Lipinski definition) is 1. The molecule has 1 saturated carbocycles. The maximum atomic E-state index is 11.9. The molecule has 1 atom stereocenters. The molecule has 0 radical (unpaired) electrons. The van der Waals surface area contributed by atoms with Crippen LogP contribution in [0, 0.1) is 5.92 Å². The number of hydrogen-bond acceptors (Lipinski definition) is 3. The highest BCUT2D eigenvalue weighted by molar-refractivity contribution is 7.89. The summed E-state index contributed by atoms with van der Waals surface area (Å²) < 4.78 is 25.4. The van der Waals surface area contributed by atoms with E-state index >= 15 is 0 Å². The summed E-state index contributed by atoms with van der Waals surface area (Å²) in [4.78, 5) is 0. The quantitative estimate of drug-likeness (QED) is 0.775. The molecule has 2 rings (SSSR count). The Kier molecular flexibility index (Phi) is 3.33. The maximum absolute atomic E-state index is 11.9. The molecule has 0 bridgehead atoms. The van der Waals surface area contributed by atoms with Crippen molar-refractivity contribution in [1.82, 2.24) is 4.31 Å². The van der Waals surface area contributed by atoms with Gasteiger partial charge in [-0.3, -0.25) is 0 Å². The lowest BCUT2D eigenvalue weighted by Gasteiger charge is -2.18. The van der Waals surface area contributed by atoms with Gasteiger partial charge < -0.3 is 5.11 Å². The summed E-state index contributed by atoms with van der Waals surface area (Å²) in [5.41, 5.74) is 0. The van der Waals surface area contributed by atoms with Crippen LogP contribution in [0.4, 0.5) is 0 Å². The first-order chi connectivity index (χ1) is 7.08. The van der Waals surface area contributed by atoms with Crippen molar-refractivity contribution >= 4 is 10.0 Å². The Bertz CT molecular complexity index is 309. The van der Waals surface area contributed by atoms with Gasteiger partial charge >= 0.3 is 0 Å². The highest BCUT2D eigenvalue weighted by atomic mass is 32.2. The third-order valence-corrected chi connectivity index (χ3v) is 5.45. The van der Waals surface area contributed by atoms with E-state index in [0.717, 1.165) is 12.8 Å². The largest absolute Gasteiger partial charge is 0.392 e. The van der Waals surface area contributed by atoms with Crippen molar-refractivity contribution in [2.75, 3.05) is 18.8 Å². The molecule has 1 N–H and O–H groups in total. The van der Waals surface area contributed by atoms with Gasteiger partial charge in [0, 0.05) is 13.1 Å². The minimum Gasteiger partial charge on any atom is -0.392 e. The van der Waals surface area contributed by atoms with Crippen LogP contribution in [0.25, 0.3) is 0 Å². The Morgan fingerprint density at radius 1 is 1.20 bits per heavy atom. The lowest BCUT2D eigenvalue weighted by atomic mass is 10.1. The number of rotatable bonds is 3. The first-order valence-corrected chi connectivity index (χ1v) is 7.35. The third kappa shape index (κ3) is 2.71. The average molecular weight is 233 g/mol. The summed E-state index contributed by atoms with van der Waals surface area (Å²) in [5, 5.41) is 9.32. The predicted molar refractivity (Wildman–Crippen MR) is 57.9 cm³/mol. The van der Waals surface area contributed by atoms with Crippen molar-refractivity contribution in [2.45, 2.75) is 38.2 Å². The Morgan fingerprint density at radius 3 is 2.40 bits per heavy atom. The smallest absolute Gasteiger partial charge is 0.214 e. The van der Waals surface area contributed by atoms with E-state index in [1.54, 1.807) is 0 Å². The van der Waals surface area contributed by atoms with Crippen molar-refractivity contribution < 1.29 is 13.5 Å². The normalized spacial score (nSPS) is 30.1. The van der Waals surface area contributed by atoms with Crippen molar-refractivity contribution in [1.29, 1.82) is 0 Å². The van der Waals surface area contributed by atoms with E-state index in [2.05, 4.69) is 0 Å². The first kappa shape index (κ1) is 11.4. The molecule has 1 aliphatic carbocycles. The van der Waals surface area contributed by atoms with Crippen LogP contribution in [-0.2, 0) is 10.0 Å². The van der Waals surface area contributed by atoms with Crippen LogP contribution >= 0.6 is 0 Å². The van der Waals surface area contributed by atoms with Crippen molar-refractivity contribution in [3.8, 4) is 0 Å². The van der Waals surface area contributed by atoms with Gasteiger partial charge in [0.2, 0.25) is 10.0 Å². The number of aliphatic hydroxyl groups is 1.